The highest BCUT2D eigenvalue weighted by Crippen LogP contribution is 2.31. The number of carbonyl (C=O) groups excluding carboxylic acids is 1. The minimum atomic E-state index is -4.37. The first-order valence-corrected chi connectivity index (χ1v) is 5.30. The lowest BCUT2D eigenvalue weighted by atomic mass is 10.0. The van der Waals surface area contributed by atoms with Gasteiger partial charge in [-0.25, -0.2) is 4.79 Å². The molecule has 0 radical (unpaired) electrons. The van der Waals surface area contributed by atoms with Crippen molar-refractivity contribution in [2.75, 3.05) is 20.7 Å². The number of ether oxygens (including phenoxy) is 1. The van der Waals surface area contributed by atoms with Crippen molar-refractivity contribution >= 4 is 6.09 Å². The van der Waals surface area contributed by atoms with Crippen LogP contribution < -0.4 is 0 Å². The first kappa shape index (κ1) is 14.3. The number of rotatable bonds is 3. The Balaban J connectivity index is 2.77. The second-order valence-electron chi connectivity index (χ2n) is 3.80. The fourth-order valence-electron chi connectivity index (χ4n) is 1.55. The van der Waals surface area contributed by atoms with E-state index in [-0.39, 0.29) is 18.5 Å². The lowest BCUT2D eigenvalue weighted by molar-refractivity contribution is -0.138. The number of likely N-dealkylation sites (N-methyl/N-ethyl adjacent to an activating group) is 1. The fraction of sp³-hybridized carbons (Fsp3) is 0.417. The van der Waals surface area contributed by atoms with Gasteiger partial charge in [-0.3, -0.25) is 0 Å². The third-order valence-corrected chi connectivity index (χ3v) is 2.53. The Labute approximate surface area is 103 Å². The number of benzene rings is 1. The topological polar surface area (TPSA) is 29.5 Å². The molecule has 0 saturated carbocycles. The SMILES string of the molecule is COC(=O)N(C)CCc1ccccc1C(F)(F)F. The highest BCUT2D eigenvalue weighted by atomic mass is 19.4. The molecule has 1 amide bonds. The summed E-state index contributed by atoms with van der Waals surface area (Å²) in [6.45, 7) is 0.166. The second-order valence-corrected chi connectivity index (χ2v) is 3.80. The molecule has 100 valence electrons. The van der Waals surface area contributed by atoms with Crippen LogP contribution in [0.2, 0.25) is 0 Å². The van der Waals surface area contributed by atoms with Crippen LogP contribution in [0.25, 0.3) is 0 Å². The van der Waals surface area contributed by atoms with Gasteiger partial charge in [0.05, 0.1) is 12.7 Å². The largest absolute Gasteiger partial charge is 0.453 e. The predicted molar refractivity (Wildman–Crippen MR) is 60.2 cm³/mol. The standard InChI is InChI=1S/C12H14F3NO2/c1-16(11(17)18-2)8-7-9-5-3-4-6-10(9)12(13,14)15/h3-6H,7-8H2,1-2H3. The van der Waals surface area contributed by atoms with Gasteiger partial charge in [-0.1, -0.05) is 18.2 Å². The maximum Gasteiger partial charge on any atom is 0.416 e. The van der Waals surface area contributed by atoms with E-state index in [9.17, 15) is 18.0 Å². The van der Waals surface area contributed by atoms with Crippen LogP contribution in [0.4, 0.5) is 18.0 Å². The highest BCUT2D eigenvalue weighted by Gasteiger charge is 2.32. The minimum Gasteiger partial charge on any atom is -0.453 e. The normalized spacial score (nSPS) is 11.2. The molecular weight excluding hydrogens is 247 g/mol. The van der Waals surface area contributed by atoms with Gasteiger partial charge in [-0.15, -0.1) is 0 Å². The van der Waals surface area contributed by atoms with Crippen LogP contribution in [0.3, 0.4) is 0 Å². The van der Waals surface area contributed by atoms with Gasteiger partial charge in [0.1, 0.15) is 0 Å². The molecule has 1 aromatic rings. The average molecular weight is 261 g/mol. The van der Waals surface area contributed by atoms with Crippen LogP contribution in [0, 0.1) is 0 Å². The van der Waals surface area contributed by atoms with E-state index in [1.165, 1.54) is 31.2 Å². The highest BCUT2D eigenvalue weighted by molar-refractivity contribution is 5.66. The van der Waals surface area contributed by atoms with Crippen molar-refractivity contribution in [1.82, 2.24) is 4.90 Å². The molecule has 0 aromatic heterocycles. The molecule has 0 heterocycles. The maximum atomic E-state index is 12.7. The van der Waals surface area contributed by atoms with Crippen LogP contribution in [-0.2, 0) is 17.3 Å². The Hall–Kier alpha value is -1.72. The Bertz CT molecular complexity index is 418. The van der Waals surface area contributed by atoms with Crippen molar-refractivity contribution in [2.45, 2.75) is 12.6 Å². The number of nitrogens with zero attached hydrogens (tertiary/aromatic N) is 1. The lowest BCUT2D eigenvalue weighted by Crippen LogP contribution is -2.29. The van der Waals surface area contributed by atoms with Gasteiger partial charge in [0.15, 0.2) is 0 Å². The van der Waals surface area contributed by atoms with Crippen molar-refractivity contribution in [3.05, 3.63) is 35.4 Å². The van der Waals surface area contributed by atoms with E-state index in [2.05, 4.69) is 4.74 Å². The summed E-state index contributed by atoms with van der Waals surface area (Å²) in [6, 6.07) is 5.33. The fourth-order valence-corrected chi connectivity index (χ4v) is 1.55. The van der Waals surface area contributed by atoms with Crippen LogP contribution in [-0.4, -0.2) is 31.7 Å². The monoisotopic (exact) mass is 261 g/mol. The second kappa shape index (κ2) is 5.75. The van der Waals surface area contributed by atoms with E-state index in [1.54, 1.807) is 6.07 Å². The zero-order valence-electron chi connectivity index (χ0n) is 10.1. The van der Waals surface area contributed by atoms with Crippen LogP contribution in [0.1, 0.15) is 11.1 Å². The number of alkyl halides is 3. The summed E-state index contributed by atoms with van der Waals surface area (Å²) < 4.78 is 42.5. The Morgan fingerprint density at radius 2 is 1.94 bits per heavy atom. The summed E-state index contributed by atoms with van der Waals surface area (Å²) in [5.74, 6) is 0. The van der Waals surface area contributed by atoms with E-state index in [4.69, 9.17) is 0 Å². The molecule has 0 aliphatic carbocycles. The van der Waals surface area contributed by atoms with Crippen molar-refractivity contribution in [1.29, 1.82) is 0 Å². The van der Waals surface area contributed by atoms with E-state index >= 15 is 0 Å². The molecule has 0 bridgehead atoms. The van der Waals surface area contributed by atoms with Crippen LogP contribution in [0.5, 0.6) is 0 Å². The van der Waals surface area contributed by atoms with Gasteiger partial charge in [0, 0.05) is 13.6 Å². The molecule has 3 nitrogen and oxygen atoms in total. The summed E-state index contributed by atoms with van der Waals surface area (Å²) in [4.78, 5) is 12.3. The van der Waals surface area contributed by atoms with Crippen molar-refractivity contribution in [2.24, 2.45) is 0 Å². The number of hydrogen-bond donors (Lipinski definition) is 0. The summed E-state index contributed by atoms with van der Waals surface area (Å²) in [5, 5.41) is 0. The number of hydrogen-bond acceptors (Lipinski definition) is 2. The summed E-state index contributed by atoms with van der Waals surface area (Å²) in [7, 11) is 2.70. The first-order chi connectivity index (χ1) is 8.36. The zero-order chi connectivity index (χ0) is 13.8. The van der Waals surface area contributed by atoms with Crippen molar-refractivity contribution in [3.63, 3.8) is 0 Å². The van der Waals surface area contributed by atoms with Gasteiger partial charge in [-0.05, 0) is 18.1 Å². The number of methoxy groups -OCH3 is 1. The summed E-state index contributed by atoms with van der Waals surface area (Å²) in [5.41, 5.74) is -0.496. The smallest absolute Gasteiger partial charge is 0.416 e. The summed E-state index contributed by atoms with van der Waals surface area (Å²) >= 11 is 0. The van der Waals surface area contributed by atoms with E-state index in [0.29, 0.717) is 0 Å². The predicted octanol–water partition coefficient (Wildman–Crippen LogP) is 2.95. The third kappa shape index (κ3) is 3.65. The van der Waals surface area contributed by atoms with Gasteiger partial charge in [0.25, 0.3) is 0 Å². The Morgan fingerprint density at radius 3 is 2.50 bits per heavy atom. The summed E-state index contributed by atoms with van der Waals surface area (Å²) in [6.07, 6.45) is -4.82. The third-order valence-electron chi connectivity index (χ3n) is 2.53. The number of carbonyl (C=O) groups is 1. The number of amides is 1. The molecule has 0 saturated heterocycles. The van der Waals surface area contributed by atoms with E-state index in [0.717, 1.165) is 6.07 Å². The van der Waals surface area contributed by atoms with Crippen molar-refractivity contribution in [3.8, 4) is 0 Å². The van der Waals surface area contributed by atoms with Crippen LogP contribution >= 0.6 is 0 Å². The molecule has 0 aliphatic heterocycles. The zero-order valence-corrected chi connectivity index (χ0v) is 10.1. The first-order valence-electron chi connectivity index (χ1n) is 5.30. The maximum absolute atomic E-state index is 12.7. The molecule has 0 N–H and O–H groups in total. The quantitative estimate of drug-likeness (QED) is 0.837. The molecule has 0 aliphatic rings. The molecule has 0 spiro atoms. The molecule has 1 aromatic carbocycles. The van der Waals surface area contributed by atoms with Gasteiger partial charge >= 0.3 is 12.3 Å². The van der Waals surface area contributed by atoms with E-state index < -0.39 is 17.8 Å². The molecule has 0 unspecified atom stereocenters. The van der Waals surface area contributed by atoms with Crippen LogP contribution in [0.15, 0.2) is 24.3 Å². The molecule has 6 heteroatoms. The Morgan fingerprint density at radius 1 is 1.33 bits per heavy atom. The molecule has 0 atom stereocenters. The molecule has 1 rings (SSSR count). The average Bonchev–Trinajstić information content (AvgIpc) is 2.34. The Kier molecular flexibility index (Phi) is 4.58. The molecular formula is C12H14F3NO2. The van der Waals surface area contributed by atoms with Gasteiger partial charge in [-0.2, -0.15) is 13.2 Å². The molecule has 18 heavy (non-hydrogen) atoms. The van der Waals surface area contributed by atoms with Gasteiger partial charge in [0.2, 0.25) is 0 Å². The van der Waals surface area contributed by atoms with Gasteiger partial charge < -0.3 is 9.64 Å². The van der Waals surface area contributed by atoms with E-state index in [1.807, 2.05) is 0 Å². The molecule has 0 fully saturated rings. The van der Waals surface area contributed by atoms with Crippen molar-refractivity contribution < 1.29 is 22.7 Å². The lowest BCUT2D eigenvalue weighted by Gasteiger charge is -2.17. The minimum absolute atomic E-state index is 0.126. The number of halogens is 3.